The zero-order chi connectivity index (χ0) is 11.7. The van der Waals surface area contributed by atoms with Crippen LogP contribution >= 0.6 is 0 Å². The fourth-order valence-electron chi connectivity index (χ4n) is 2.63. The summed E-state index contributed by atoms with van der Waals surface area (Å²) in [4.78, 5) is 4.83. The van der Waals surface area contributed by atoms with E-state index in [0.29, 0.717) is 0 Å². The van der Waals surface area contributed by atoms with Gasteiger partial charge in [0.05, 0.1) is 0 Å². The van der Waals surface area contributed by atoms with Crippen molar-refractivity contribution in [3.63, 3.8) is 0 Å². The van der Waals surface area contributed by atoms with Crippen LogP contribution in [0, 0.1) is 0 Å². The van der Waals surface area contributed by atoms with Crippen molar-refractivity contribution < 1.29 is 0 Å². The van der Waals surface area contributed by atoms with Crippen molar-refractivity contribution in [2.45, 2.75) is 6.54 Å². The van der Waals surface area contributed by atoms with Crippen LogP contribution in [0.15, 0.2) is 30.1 Å². The summed E-state index contributed by atoms with van der Waals surface area (Å²) in [5, 5.41) is 3.40. The second-order valence-electron chi connectivity index (χ2n) is 4.79. The zero-order valence-electron chi connectivity index (χ0n) is 10.3. The molecule has 1 N–H and O–H groups in total. The van der Waals surface area contributed by atoms with Crippen LogP contribution in [0.25, 0.3) is 6.08 Å². The summed E-state index contributed by atoms with van der Waals surface area (Å²) in [5.74, 6) is 1.37. The van der Waals surface area contributed by atoms with Gasteiger partial charge in [-0.1, -0.05) is 24.3 Å². The van der Waals surface area contributed by atoms with Gasteiger partial charge < -0.3 is 15.1 Å². The highest BCUT2D eigenvalue weighted by molar-refractivity contribution is 5.58. The molecule has 3 heteroatoms. The van der Waals surface area contributed by atoms with E-state index in [9.17, 15) is 0 Å². The van der Waals surface area contributed by atoms with Crippen molar-refractivity contribution in [1.82, 2.24) is 15.1 Å². The largest absolute Gasteiger partial charge is 0.357 e. The monoisotopic (exact) mass is 229 g/mol. The van der Waals surface area contributed by atoms with Gasteiger partial charge in [0.25, 0.3) is 0 Å². The Bertz CT molecular complexity index is 433. The topological polar surface area (TPSA) is 18.5 Å². The van der Waals surface area contributed by atoms with Gasteiger partial charge in [0.15, 0.2) is 0 Å². The number of fused-ring (bicyclic) bond motifs is 1. The Hall–Kier alpha value is -1.48. The van der Waals surface area contributed by atoms with Gasteiger partial charge in [0.1, 0.15) is 5.82 Å². The fourth-order valence-corrected chi connectivity index (χ4v) is 2.63. The van der Waals surface area contributed by atoms with Crippen LogP contribution in [0.2, 0.25) is 0 Å². The first-order valence-electron chi connectivity index (χ1n) is 6.31. The van der Waals surface area contributed by atoms with Crippen LogP contribution < -0.4 is 5.32 Å². The molecule has 2 aliphatic heterocycles. The summed E-state index contributed by atoms with van der Waals surface area (Å²) in [7, 11) is 2.18. The van der Waals surface area contributed by atoms with Gasteiger partial charge in [0, 0.05) is 39.8 Å². The van der Waals surface area contributed by atoms with E-state index in [1.165, 1.54) is 16.9 Å². The van der Waals surface area contributed by atoms with E-state index in [2.05, 4.69) is 52.5 Å². The van der Waals surface area contributed by atoms with E-state index in [0.717, 1.165) is 32.7 Å². The van der Waals surface area contributed by atoms with Gasteiger partial charge in [-0.2, -0.15) is 0 Å². The Kier molecular flexibility index (Phi) is 2.77. The smallest absolute Gasteiger partial charge is 0.105 e. The van der Waals surface area contributed by atoms with Crippen LogP contribution in [-0.2, 0) is 6.54 Å². The molecule has 0 radical (unpaired) electrons. The number of hydrogen-bond donors (Lipinski definition) is 1. The molecule has 17 heavy (non-hydrogen) atoms. The van der Waals surface area contributed by atoms with Crippen molar-refractivity contribution in [2.75, 3.05) is 33.2 Å². The van der Waals surface area contributed by atoms with Crippen LogP contribution in [0.5, 0.6) is 0 Å². The molecule has 1 aromatic carbocycles. The molecule has 90 valence electrons. The summed E-state index contributed by atoms with van der Waals surface area (Å²) in [5.41, 5.74) is 2.80. The van der Waals surface area contributed by atoms with Crippen molar-refractivity contribution in [3.8, 4) is 0 Å². The Morgan fingerprint density at radius 2 is 1.88 bits per heavy atom. The van der Waals surface area contributed by atoms with E-state index in [4.69, 9.17) is 0 Å². The predicted molar refractivity (Wildman–Crippen MR) is 70.3 cm³/mol. The third kappa shape index (κ3) is 2.03. The van der Waals surface area contributed by atoms with Crippen molar-refractivity contribution in [3.05, 3.63) is 41.2 Å². The minimum atomic E-state index is 1.02. The van der Waals surface area contributed by atoms with Crippen molar-refractivity contribution in [1.29, 1.82) is 0 Å². The lowest BCUT2D eigenvalue weighted by molar-refractivity contribution is 0.210. The van der Waals surface area contributed by atoms with E-state index < -0.39 is 0 Å². The fraction of sp³-hybridized carbons (Fsp3) is 0.429. The maximum absolute atomic E-state index is 3.40. The molecule has 1 saturated heterocycles. The third-order valence-electron chi connectivity index (χ3n) is 3.58. The summed E-state index contributed by atoms with van der Waals surface area (Å²) in [6.07, 6.45) is 2.32. The summed E-state index contributed by atoms with van der Waals surface area (Å²) >= 11 is 0. The molecule has 1 aromatic rings. The number of nitrogens with one attached hydrogen (secondary N) is 1. The average molecular weight is 229 g/mol. The number of hydrogen-bond acceptors (Lipinski definition) is 3. The molecule has 0 aromatic heterocycles. The third-order valence-corrected chi connectivity index (χ3v) is 3.58. The molecule has 0 saturated carbocycles. The lowest BCUT2D eigenvalue weighted by Gasteiger charge is -2.38. The standard InChI is InChI=1S/C14H19N3/c1-16-11-13-5-3-2-4-12(13)10-14(16)17-8-6-15-7-9-17/h2-5,10,15H,6-9,11H2,1H3. The average Bonchev–Trinajstić information content (AvgIpc) is 2.39. The lowest BCUT2D eigenvalue weighted by Crippen LogP contribution is -2.46. The Morgan fingerprint density at radius 1 is 1.12 bits per heavy atom. The summed E-state index contributed by atoms with van der Waals surface area (Å²) < 4.78 is 0. The maximum Gasteiger partial charge on any atom is 0.105 e. The molecule has 0 amide bonds. The highest BCUT2D eigenvalue weighted by atomic mass is 15.3. The van der Waals surface area contributed by atoms with Gasteiger partial charge in [-0.3, -0.25) is 0 Å². The van der Waals surface area contributed by atoms with E-state index in [1.54, 1.807) is 0 Å². The molecule has 2 heterocycles. The maximum atomic E-state index is 3.40. The molecule has 0 spiro atoms. The van der Waals surface area contributed by atoms with E-state index >= 15 is 0 Å². The van der Waals surface area contributed by atoms with Crippen molar-refractivity contribution >= 4 is 6.08 Å². The summed E-state index contributed by atoms with van der Waals surface area (Å²) in [6.45, 7) is 5.42. The van der Waals surface area contributed by atoms with Gasteiger partial charge >= 0.3 is 0 Å². The highest BCUT2D eigenvalue weighted by Gasteiger charge is 2.20. The minimum Gasteiger partial charge on any atom is -0.357 e. The normalized spacial score (nSPS) is 19.9. The van der Waals surface area contributed by atoms with Gasteiger partial charge in [-0.25, -0.2) is 0 Å². The molecule has 0 atom stereocenters. The Balaban J connectivity index is 1.91. The van der Waals surface area contributed by atoms with Gasteiger partial charge in [0.2, 0.25) is 0 Å². The highest BCUT2D eigenvalue weighted by Crippen LogP contribution is 2.25. The molecule has 0 aliphatic carbocycles. The first kappa shape index (κ1) is 10.7. The summed E-state index contributed by atoms with van der Waals surface area (Å²) in [6, 6.07) is 8.67. The van der Waals surface area contributed by atoms with Crippen LogP contribution in [-0.4, -0.2) is 43.0 Å². The molecular weight excluding hydrogens is 210 g/mol. The molecule has 2 aliphatic rings. The lowest BCUT2D eigenvalue weighted by atomic mass is 10.0. The number of nitrogens with zero attached hydrogens (tertiary/aromatic N) is 2. The second-order valence-corrected chi connectivity index (χ2v) is 4.79. The van der Waals surface area contributed by atoms with E-state index in [1.807, 2.05) is 0 Å². The van der Waals surface area contributed by atoms with E-state index in [-0.39, 0.29) is 0 Å². The zero-order valence-corrected chi connectivity index (χ0v) is 10.3. The van der Waals surface area contributed by atoms with Crippen molar-refractivity contribution in [2.24, 2.45) is 0 Å². The molecule has 3 rings (SSSR count). The van der Waals surface area contributed by atoms with Gasteiger partial charge in [-0.05, 0) is 17.2 Å². The number of rotatable bonds is 1. The molecule has 3 nitrogen and oxygen atoms in total. The molecular formula is C14H19N3. The van der Waals surface area contributed by atoms with Crippen LogP contribution in [0.1, 0.15) is 11.1 Å². The number of benzene rings is 1. The van der Waals surface area contributed by atoms with Gasteiger partial charge in [-0.15, -0.1) is 0 Å². The first-order chi connectivity index (χ1) is 8.34. The van der Waals surface area contributed by atoms with Crippen LogP contribution in [0.4, 0.5) is 0 Å². The first-order valence-corrected chi connectivity index (χ1v) is 6.31. The number of piperazine rings is 1. The second kappa shape index (κ2) is 4.41. The minimum absolute atomic E-state index is 1.02. The molecule has 0 bridgehead atoms. The predicted octanol–water partition coefficient (Wildman–Crippen LogP) is 1.34. The molecule has 0 unspecified atom stereocenters. The Morgan fingerprint density at radius 3 is 2.71 bits per heavy atom. The molecule has 1 fully saturated rings. The quantitative estimate of drug-likeness (QED) is 0.784. The SMILES string of the molecule is CN1Cc2ccccc2C=C1N1CCNCC1. The van der Waals surface area contributed by atoms with Crippen LogP contribution in [0.3, 0.4) is 0 Å². The Labute approximate surface area is 103 Å².